The van der Waals surface area contributed by atoms with Crippen LogP contribution in [0, 0.1) is 0 Å². The highest BCUT2D eigenvalue weighted by Crippen LogP contribution is 2.40. The lowest BCUT2D eigenvalue weighted by Crippen LogP contribution is -2.08. The van der Waals surface area contributed by atoms with Crippen molar-refractivity contribution in [3.63, 3.8) is 0 Å². The van der Waals surface area contributed by atoms with Crippen LogP contribution in [0.5, 0.6) is 23.0 Å². The minimum Gasteiger partial charge on any atom is -0.507 e. The molecule has 4 N–H and O–H groups in total. The van der Waals surface area contributed by atoms with Gasteiger partial charge in [0.15, 0.2) is 23.1 Å². The summed E-state index contributed by atoms with van der Waals surface area (Å²) >= 11 is 0. The van der Waals surface area contributed by atoms with Crippen molar-refractivity contribution in [2.75, 3.05) is 13.2 Å². The third-order valence-electron chi connectivity index (χ3n) is 10.6. The van der Waals surface area contributed by atoms with Crippen LogP contribution in [0.1, 0.15) is 178 Å². The molecule has 8 bridgehead atoms. The van der Waals surface area contributed by atoms with Gasteiger partial charge in [0.05, 0.1) is 0 Å². The Hall–Kier alpha value is -5.28. The molecule has 57 heavy (non-hydrogen) atoms. The number of rotatable bonds is 12. The Balaban J connectivity index is 0.00000115. The van der Waals surface area contributed by atoms with Crippen molar-refractivity contribution < 1.29 is 44.3 Å². The zero-order valence-corrected chi connectivity index (χ0v) is 33.8. The standard InChI is InChI=1S/C44H48O8.C4H8O/c1-5-9-37(45)25-13-29-21-31-15-26(38(46)10-6-2)17-33(42(31)50)23-35-19-28(40(48)12-8-4)20-36(44(35)52)24-34-18-27(39(47)11-7-3)16-32(43(34)51)22-30(14-25)41(29)49;1-2-4-5-3-1/h13-20,49-52H,5-12,21-24H2,1-4H3;1-4H2. The molecule has 1 saturated heterocycles. The van der Waals surface area contributed by atoms with Crippen molar-refractivity contribution in [1.82, 2.24) is 0 Å². The Morgan fingerprint density at radius 2 is 0.596 bits per heavy atom. The lowest BCUT2D eigenvalue weighted by atomic mass is 9.86. The van der Waals surface area contributed by atoms with Gasteiger partial charge in [0.1, 0.15) is 23.0 Å². The predicted octanol–water partition coefficient (Wildman–Crippen LogP) is 9.91. The van der Waals surface area contributed by atoms with Crippen molar-refractivity contribution in [2.45, 2.75) is 118 Å². The summed E-state index contributed by atoms with van der Waals surface area (Å²) in [4.78, 5) is 53.2. The summed E-state index contributed by atoms with van der Waals surface area (Å²) in [5, 5.41) is 47.0. The highest BCUT2D eigenvalue weighted by molar-refractivity contribution is 5.99. The molecule has 4 aromatic carbocycles. The van der Waals surface area contributed by atoms with Gasteiger partial charge in [-0.3, -0.25) is 19.2 Å². The van der Waals surface area contributed by atoms with Crippen molar-refractivity contribution >= 4 is 23.1 Å². The summed E-state index contributed by atoms with van der Waals surface area (Å²) in [5.41, 5.74) is 4.25. The zero-order valence-electron chi connectivity index (χ0n) is 33.8. The van der Waals surface area contributed by atoms with Gasteiger partial charge in [-0.25, -0.2) is 0 Å². The van der Waals surface area contributed by atoms with Crippen molar-refractivity contribution in [1.29, 1.82) is 0 Å². The van der Waals surface area contributed by atoms with Gasteiger partial charge in [-0.05, 0) is 132 Å². The van der Waals surface area contributed by atoms with Crippen LogP contribution in [0.25, 0.3) is 0 Å². The summed E-state index contributed by atoms with van der Waals surface area (Å²) in [5.74, 6) is -1.02. The third kappa shape index (κ3) is 10.4. The van der Waals surface area contributed by atoms with Gasteiger partial charge in [-0.2, -0.15) is 0 Å². The Kier molecular flexibility index (Phi) is 14.8. The van der Waals surface area contributed by atoms with E-state index in [0.717, 1.165) is 13.2 Å². The van der Waals surface area contributed by atoms with Crippen LogP contribution in [0.2, 0.25) is 0 Å². The molecule has 0 amide bonds. The number of ether oxygens (including phenoxy) is 1. The average Bonchev–Trinajstić information content (AvgIpc) is 3.78. The molecule has 2 aliphatic rings. The predicted molar refractivity (Wildman–Crippen MR) is 221 cm³/mol. The topological polar surface area (TPSA) is 158 Å². The number of hydrogen-bond acceptors (Lipinski definition) is 9. The van der Waals surface area contributed by atoms with Gasteiger partial charge in [0.25, 0.3) is 0 Å². The van der Waals surface area contributed by atoms with Gasteiger partial charge in [0.2, 0.25) is 0 Å². The number of benzene rings is 4. The Bertz CT molecular complexity index is 1750. The maximum Gasteiger partial charge on any atom is 0.162 e. The number of Topliss-reactive ketones (excluding diaryl/α,β-unsaturated/α-hetero) is 4. The van der Waals surface area contributed by atoms with E-state index < -0.39 is 0 Å². The van der Waals surface area contributed by atoms with E-state index in [2.05, 4.69) is 0 Å². The van der Waals surface area contributed by atoms with E-state index in [1.165, 1.54) is 12.8 Å². The molecule has 0 unspecified atom stereocenters. The van der Waals surface area contributed by atoms with E-state index in [1.54, 1.807) is 48.5 Å². The monoisotopic (exact) mass is 776 g/mol. The number of phenolic OH excluding ortho intramolecular Hbond substituents is 4. The summed E-state index contributed by atoms with van der Waals surface area (Å²) in [6.07, 6.45) is 5.99. The fourth-order valence-electron chi connectivity index (χ4n) is 7.58. The first kappa shape index (κ1) is 42.9. The van der Waals surface area contributed by atoms with Crippen LogP contribution >= 0.6 is 0 Å². The molecule has 1 aliphatic carbocycles. The second-order valence-corrected chi connectivity index (χ2v) is 15.3. The average molecular weight is 777 g/mol. The molecule has 0 saturated carbocycles. The Morgan fingerprint density at radius 1 is 0.404 bits per heavy atom. The molecule has 0 atom stereocenters. The van der Waals surface area contributed by atoms with Crippen molar-refractivity contribution in [3.8, 4) is 23.0 Å². The number of carbonyl (C=O) groups is 4. The van der Waals surface area contributed by atoms with Gasteiger partial charge >= 0.3 is 0 Å². The highest BCUT2D eigenvalue weighted by atomic mass is 16.5. The fraction of sp³-hybridized carbons (Fsp3) is 0.417. The van der Waals surface area contributed by atoms with Crippen LogP contribution in [0.15, 0.2) is 48.5 Å². The van der Waals surface area contributed by atoms with E-state index >= 15 is 0 Å². The van der Waals surface area contributed by atoms with E-state index in [-0.39, 0.29) is 97.5 Å². The maximum atomic E-state index is 13.3. The number of phenols is 4. The SMILES string of the molecule is C1CCOC1.CCCC(=O)c1cc2c(O)c(c1)Cc1cc(C(=O)CCC)cc(c1O)Cc1cc(C(=O)CCC)cc(c1O)Cc1cc(C(=O)CCC)cc(c1O)C2. The summed E-state index contributed by atoms with van der Waals surface area (Å²) in [6.45, 7) is 9.60. The lowest BCUT2D eigenvalue weighted by molar-refractivity contribution is 0.0973. The molecule has 0 spiro atoms. The number of hydrogen-bond donors (Lipinski definition) is 4. The number of fused-ring (bicyclic) bond motifs is 8. The minimum atomic E-state index is -0.129. The van der Waals surface area contributed by atoms with Crippen LogP contribution < -0.4 is 0 Å². The van der Waals surface area contributed by atoms with E-state index in [4.69, 9.17) is 4.74 Å². The number of ketones is 4. The van der Waals surface area contributed by atoms with Crippen LogP contribution in [-0.4, -0.2) is 56.8 Å². The quantitative estimate of drug-likeness (QED) is 0.0905. The first-order valence-corrected chi connectivity index (χ1v) is 20.5. The second-order valence-electron chi connectivity index (χ2n) is 15.3. The minimum absolute atomic E-state index is 0.0311. The molecule has 1 aliphatic heterocycles. The molecular formula is C48H56O9. The summed E-state index contributed by atoms with van der Waals surface area (Å²) < 4.78 is 4.94. The smallest absolute Gasteiger partial charge is 0.162 e. The molecule has 9 nitrogen and oxygen atoms in total. The first-order chi connectivity index (χ1) is 27.4. The summed E-state index contributed by atoms with van der Waals surface area (Å²) in [7, 11) is 0. The molecule has 0 aromatic heterocycles. The van der Waals surface area contributed by atoms with Gasteiger partial charge in [0, 0.05) is 86.8 Å². The van der Waals surface area contributed by atoms with Crippen LogP contribution in [0.4, 0.5) is 0 Å². The van der Waals surface area contributed by atoms with Crippen LogP contribution in [0.3, 0.4) is 0 Å². The normalized spacial score (nSPS) is 13.4. The molecule has 0 radical (unpaired) electrons. The Morgan fingerprint density at radius 3 is 0.737 bits per heavy atom. The van der Waals surface area contributed by atoms with Crippen LogP contribution in [-0.2, 0) is 30.4 Å². The Labute approximate surface area is 335 Å². The van der Waals surface area contributed by atoms with Gasteiger partial charge in [-0.1, -0.05) is 27.7 Å². The van der Waals surface area contributed by atoms with E-state index in [0.29, 0.717) is 92.4 Å². The highest BCUT2D eigenvalue weighted by Gasteiger charge is 2.24. The fourth-order valence-corrected chi connectivity index (χ4v) is 7.58. The number of carbonyl (C=O) groups excluding carboxylic acids is 4. The molecule has 4 aromatic rings. The molecule has 1 fully saturated rings. The molecular weight excluding hydrogens is 721 g/mol. The van der Waals surface area contributed by atoms with Crippen molar-refractivity contribution in [3.05, 3.63) is 115 Å². The maximum absolute atomic E-state index is 13.3. The van der Waals surface area contributed by atoms with Crippen molar-refractivity contribution in [2.24, 2.45) is 0 Å². The van der Waals surface area contributed by atoms with E-state index in [1.807, 2.05) is 27.7 Å². The number of aromatic hydroxyl groups is 4. The van der Waals surface area contributed by atoms with E-state index in [9.17, 15) is 39.6 Å². The first-order valence-electron chi connectivity index (χ1n) is 20.5. The third-order valence-corrected chi connectivity index (χ3v) is 10.6. The lowest BCUT2D eigenvalue weighted by Gasteiger charge is -2.20. The molecule has 6 rings (SSSR count). The molecule has 302 valence electrons. The zero-order chi connectivity index (χ0) is 41.2. The van der Waals surface area contributed by atoms with Gasteiger partial charge < -0.3 is 25.2 Å². The molecule has 1 heterocycles. The molecule has 9 heteroatoms. The second kappa shape index (κ2) is 19.7. The largest absolute Gasteiger partial charge is 0.507 e. The van der Waals surface area contributed by atoms with Gasteiger partial charge in [-0.15, -0.1) is 0 Å². The summed E-state index contributed by atoms with van der Waals surface area (Å²) in [6, 6.07) is 12.8.